The lowest BCUT2D eigenvalue weighted by Crippen LogP contribution is -2.36. The molecule has 1 aromatic carbocycles. The monoisotopic (exact) mass is 351 g/mol. The standard InChI is InChI=1S/C19H26ClNO3/c1-3-6-24-18-5-4-12(11-17(18)20)19(23)21(2)15-7-13-9-16(22)10-14(13)8-15/h4-5,11,13-16,22H,3,6-10H2,1-2H3/t13-,14+,15?,16?. The first-order chi connectivity index (χ1) is 11.5. The molecule has 0 bridgehead atoms. The van der Waals surface area contributed by atoms with Crippen molar-refractivity contribution in [2.75, 3.05) is 13.7 Å². The quantitative estimate of drug-likeness (QED) is 0.878. The summed E-state index contributed by atoms with van der Waals surface area (Å²) in [5.41, 5.74) is 0.600. The molecule has 2 unspecified atom stereocenters. The second kappa shape index (κ2) is 7.32. The smallest absolute Gasteiger partial charge is 0.253 e. The van der Waals surface area contributed by atoms with Gasteiger partial charge in [0.15, 0.2) is 0 Å². The summed E-state index contributed by atoms with van der Waals surface area (Å²) in [6.07, 6.45) is 4.54. The number of fused-ring (bicyclic) bond motifs is 1. The highest BCUT2D eigenvalue weighted by Crippen LogP contribution is 2.45. The number of hydrogen-bond donors (Lipinski definition) is 1. The zero-order chi connectivity index (χ0) is 17.3. The summed E-state index contributed by atoms with van der Waals surface area (Å²) in [5.74, 6) is 1.76. The molecule has 2 aliphatic carbocycles. The number of rotatable bonds is 5. The van der Waals surface area contributed by atoms with Crippen LogP contribution >= 0.6 is 11.6 Å². The number of carbonyl (C=O) groups excluding carboxylic acids is 1. The molecule has 4 atom stereocenters. The van der Waals surface area contributed by atoms with Gasteiger partial charge in [-0.3, -0.25) is 4.79 Å². The SMILES string of the molecule is CCCOc1ccc(C(=O)N(C)C2C[C@H]3CC(O)C[C@H]3C2)cc1Cl. The van der Waals surface area contributed by atoms with E-state index in [4.69, 9.17) is 16.3 Å². The number of ether oxygens (including phenoxy) is 1. The van der Waals surface area contributed by atoms with Gasteiger partial charge < -0.3 is 14.7 Å². The number of carbonyl (C=O) groups is 1. The molecule has 4 nitrogen and oxygen atoms in total. The van der Waals surface area contributed by atoms with E-state index in [-0.39, 0.29) is 18.1 Å². The normalized spacial score (nSPS) is 28.7. The van der Waals surface area contributed by atoms with E-state index in [2.05, 4.69) is 0 Å². The first-order valence-corrected chi connectivity index (χ1v) is 9.25. The van der Waals surface area contributed by atoms with Crippen molar-refractivity contribution in [2.45, 2.75) is 51.2 Å². The van der Waals surface area contributed by atoms with Gasteiger partial charge in [0.05, 0.1) is 17.7 Å². The summed E-state index contributed by atoms with van der Waals surface area (Å²) in [4.78, 5) is 14.6. The van der Waals surface area contributed by atoms with Gasteiger partial charge in [-0.25, -0.2) is 0 Å². The summed E-state index contributed by atoms with van der Waals surface area (Å²) >= 11 is 6.24. The molecule has 0 radical (unpaired) electrons. The molecule has 1 aromatic rings. The van der Waals surface area contributed by atoms with Crippen molar-refractivity contribution < 1.29 is 14.6 Å². The second-order valence-corrected chi connectivity index (χ2v) is 7.59. The molecule has 0 heterocycles. The Balaban J connectivity index is 1.65. The van der Waals surface area contributed by atoms with Crippen molar-refractivity contribution in [1.82, 2.24) is 4.90 Å². The molecule has 5 heteroatoms. The Morgan fingerprint density at radius 3 is 2.54 bits per heavy atom. The third-order valence-electron chi connectivity index (χ3n) is 5.47. The second-order valence-electron chi connectivity index (χ2n) is 7.18. The molecular weight excluding hydrogens is 326 g/mol. The minimum absolute atomic E-state index is 0.00413. The summed E-state index contributed by atoms with van der Waals surface area (Å²) in [6, 6.07) is 5.52. The summed E-state index contributed by atoms with van der Waals surface area (Å²) in [6.45, 7) is 2.65. The zero-order valence-corrected chi connectivity index (χ0v) is 15.1. The number of amides is 1. The molecule has 0 aliphatic heterocycles. The maximum absolute atomic E-state index is 12.8. The van der Waals surface area contributed by atoms with Crippen LogP contribution in [0.25, 0.3) is 0 Å². The first-order valence-electron chi connectivity index (χ1n) is 8.87. The average Bonchev–Trinajstić information content (AvgIpc) is 3.09. The number of aliphatic hydroxyl groups excluding tert-OH is 1. The lowest BCUT2D eigenvalue weighted by atomic mass is 10.0. The van der Waals surface area contributed by atoms with Crippen molar-refractivity contribution in [3.05, 3.63) is 28.8 Å². The highest BCUT2D eigenvalue weighted by Gasteiger charge is 2.43. The van der Waals surface area contributed by atoms with E-state index >= 15 is 0 Å². The minimum atomic E-state index is -0.142. The molecule has 2 fully saturated rings. The Morgan fingerprint density at radius 1 is 1.29 bits per heavy atom. The van der Waals surface area contributed by atoms with Crippen LogP contribution in [0, 0.1) is 11.8 Å². The third-order valence-corrected chi connectivity index (χ3v) is 5.77. The fourth-order valence-corrected chi connectivity index (χ4v) is 4.44. The Kier molecular flexibility index (Phi) is 5.36. The molecule has 1 N–H and O–H groups in total. The summed E-state index contributed by atoms with van der Waals surface area (Å²) in [7, 11) is 1.87. The van der Waals surface area contributed by atoms with Gasteiger partial charge in [-0.2, -0.15) is 0 Å². The van der Waals surface area contributed by atoms with Crippen molar-refractivity contribution in [1.29, 1.82) is 0 Å². The maximum Gasteiger partial charge on any atom is 0.253 e. The van der Waals surface area contributed by atoms with Crippen LogP contribution in [0.5, 0.6) is 5.75 Å². The van der Waals surface area contributed by atoms with Crippen LogP contribution in [-0.4, -0.2) is 41.7 Å². The van der Waals surface area contributed by atoms with Crippen molar-refractivity contribution >= 4 is 17.5 Å². The van der Waals surface area contributed by atoms with Gasteiger partial charge >= 0.3 is 0 Å². The van der Waals surface area contributed by atoms with Crippen LogP contribution in [0.3, 0.4) is 0 Å². The van der Waals surface area contributed by atoms with Gasteiger partial charge in [0.25, 0.3) is 5.91 Å². The van der Waals surface area contributed by atoms with Crippen molar-refractivity contribution in [3.8, 4) is 5.75 Å². The van der Waals surface area contributed by atoms with Crippen molar-refractivity contribution in [3.63, 3.8) is 0 Å². The molecule has 2 saturated carbocycles. The topological polar surface area (TPSA) is 49.8 Å². The summed E-state index contributed by atoms with van der Waals surface area (Å²) < 4.78 is 5.56. The lowest BCUT2D eigenvalue weighted by Gasteiger charge is -2.26. The summed E-state index contributed by atoms with van der Waals surface area (Å²) in [5, 5.41) is 10.2. The lowest BCUT2D eigenvalue weighted by molar-refractivity contribution is 0.0722. The third kappa shape index (κ3) is 3.55. The van der Waals surface area contributed by atoms with E-state index in [1.54, 1.807) is 18.2 Å². The van der Waals surface area contributed by atoms with Crippen LogP contribution in [-0.2, 0) is 0 Å². The molecule has 0 spiro atoms. The van der Waals surface area contributed by atoms with Crippen molar-refractivity contribution in [2.24, 2.45) is 11.8 Å². The number of nitrogens with zero attached hydrogens (tertiary/aromatic N) is 1. The Labute approximate surface area is 148 Å². The molecule has 1 amide bonds. The van der Waals surface area contributed by atoms with Gasteiger partial charge in [-0.1, -0.05) is 18.5 Å². The molecule has 3 rings (SSSR count). The van der Waals surface area contributed by atoms with Crippen LogP contribution in [0.2, 0.25) is 5.02 Å². The molecule has 0 saturated heterocycles. The van der Waals surface area contributed by atoms with E-state index in [0.29, 0.717) is 34.8 Å². The van der Waals surface area contributed by atoms with E-state index in [1.165, 1.54) is 0 Å². The van der Waals surface area contributed by atoms with E-state index in [0.717, 1.165) is 32.1 Å². The van der Waals surface area contributed by atoms with Gasteiger partial charge in [0.1, 0.15) is 5.75 Å². The molecule has 2 aliphatic rings. The fraction of sp³-hybridized carbons (Fsp3) is 0.632. The number of halogens is 1. The van der Waals surface area contributed by atoms with E-state index in [9.17, 15) is 9.90 Å². The molecule has 24 heavy (non-hydrogen) atoms. The molecule has 0 aromatic heterocycles. The van der Waals surface area contributed by atoms with E-state index in [1.807, 2.05) is 18.9 Å². The largest absolute Gasteiger partial charge is 0.492 e. The minimum Gasteiger partial charge on any atom is -0.492 e. The first kappa shape index (κ1) is 17.6. The van der Waals surface area contributed by atoms with Crippen LogP contribution in [0.4, 0.5) is 0 Å². The van der Waals surface area contributed by atoms with Crippen LogP contribution < -0.4 is 4.74 Å². The van der Waals surface area contributed by atoms with Gasteiger partial charge in [-0.15, -0.1) is 0 Å². The predicted octanol–water partition coefficient (Wildman–Crippen LogP) is 3.75. The maximum atomic E-state index is 12.8. The van der Waals surface area contributed by atoms with Crippen LogP contribution in [0.15, 0.2) is 18.2 Å². The van der Waals surface area contributed by atoms with Gasteiger partial charge in [0.2, 0.25) is 0 Å². The van der Waals surface area contributed by atoms with Gasteiger partial charge in [0, 0.05) is 18.7 Å². The number of benzene rings is 1. The zero-order valence-electron chi connectivity index (χ0n) is 14.4. The Hall–Kier alpha value is -1.26. The fourth-order valence-electron chi connectivity index (χ4n) is 4.20. The van der Waals surface area contributed by atoms with E-state index < -0.39 is 0 Å². The average molecular weight is 352 g/mol. The predicted molar refractivity (Wildman–Crippen MR) is 94.6 cm³/mol. The Morgan fingerprint density at radius 2 is 1.96 bits per heavy atom. The molecular formula is C19H26ClNO3. The molecule has 132 valence electrons. The Bertz CT molecular complexity index is 592. The number of aliphatic hydroxyl groups is 1. The highest BCUT2D eigenvalue weighted by atomic mass is 35.5. The number of hydrogen-bond acceptors (Lipinski definition) is 3. The highest BCUT2D eigenvalue weighted by molar-refractivity contribution is 6.32. The van der Waals surface area contributed by atoms with Crippen LogP contribution in [0.1, 0.15) is 49.4 Å². The van der Waals surface area contributed by atoms with Gasteiger partial charge in [-0.05, 0) is 62.1 Å².